The lowest BCUT2D eigenvalue weighted by Gasteiger charge is -2.27. The third-order valence-corrected chi connectivity index (χ3v) is 3.07. The fourth-order valence-corrected chi connectivity index (χ4v) is 1.89. The quantitative estimate of drug-likeness (QED) is 0.647. The molecule has 2 saturated carbocycles. The van der Waals surface area contributed by atoms with Gasteiger partial charge in [0.05, 0.1) is 0 Å². The number of Topliss-reactive ketones (excluding diaryl/α,β-unsaturated/α-hetero) is 2. The van der Waals surface area contributed by atoms with Crippen LogP contribution in [0.5, 0.6) is 0 Å². The molecule has 82 valence electrons. The summed E-state index contributed by atoms with van der Waals surface area (Å²) in [6.07, 6.45) is 3.82. The normalized spacial score (nSPS) is 21.9. The van der Waals surface area contributed by atoms with Crippen LogP contribution in [0.2, 0.25) is 0 Å². The molecule has 0 spiro atoms. The van der Waals surface area contributed by atoms with Crippen molar-refractivity contribution in [2.75, 3.05) is 0 Å². The lowest BCUT2D eigenvalue weighted by atomic mass is 9.73. The Morgan fingerprint density at radius 1 is 1.00 bits per heavy atom. The van der Waals surface area contributed by atoms with Crippen LogP contribution in [0, 0.1) is 30.1 Å². The zero-order valence-corrected chi connectivity index (χ0v) is 9.51. The first-order chi connectivity index (χ1) is 6.91. The fraction of sp³-hybridized carbons (Fsp3) is 0.692. The number of carbonyl (C=O) groups excluding carboxylic acids is 2. The van der Waals surface area contributed by atoms with Gasteiger partial charge in [0.15, 0.2) is 11.6 Å². The molecule has 0 aromatic heterocycles. The number of hydrogen-bond donors (Lipinski definition) is 0. The summed E-state index contributed by atoms with van der Waals surface area (Å²) in [5, 5.41) is 0. The maximum Gasteiger partial charge on any atom is 0.151 e. The SMILES string of the molecule is [CH2]C(C)(C)[C](C(=O)C1CC1)C(=O)C1CC1. The van der Waals surface area contributed by atoms with Crippen LogP contribution in [0.15, 0.2) is 0 Å². The monoisotopic (exact) mass is 206 g/mol. The maximum absolute atomic E-state index is 12.0. The van der Waals surface area contributed by atoms with E-state index in [2.05, 4.69) is 6.92 Å². The Bertz CT molecular complexity index is 266. The minimum atomic E-state index is -0.528. The molecule has 0 heterocycles. The van der Waals surface area contributed by atoms with Crippen molar-refractivity contribution < 1.29 is 9.59 Å². The number of ketones is 2. The molecule has 0 aromatic carbocycles. The predicted molar refractivity (Wildman–Crippen MR) is 57.8 cm³/mol. The minimum absolute atomic E-state index is 0.0758. The Balaban J connectivity index is 2.14. The maximum atomic E-state index is 12.0. The molecule has 2 fully saturated rings. The Hall–Kier alpha value is -0.660. The van der Waals surface area contributed by atoms with Crippen LogP contribution in [0.1, 0.15) is 39.5 Å². The van der Waals surface area contributed by atoms with Crippen LogP contribution in [0.4, 0.5) is 0 Å². The smallest absolute Gasteiger partial charge is 0.151 e. The van der Waals surface area contributed by atoms with Gasteiger partial charge in [-0.15, -0.1) is 0 Å². The topological polar surface area (TPSA) is 34.1 Å². The highest BCUT2D eigenvalue weighted by Gasteiger charge is 2.48. The minimum Gasteiger partial charge on any atom is -0.298 e. The van der Waals surface area contributed by atoms with Gasteiger partial charge in [0.1, 0.15) is 5.92 Å². The van der Waals surface area contributed by atoms with Crippen molar-refractivity contribution in [1.82, 2.24) is 0 Å². The summed E-state index contributed by atoms with van der Waals surface area (Å²) in [6.45, 7) is 7.68. The van der Waals surface area contributed by atoms with Gasteiger partial charge in [-0.05, 0) is 38.0 Å². The van der Waals surface area contributed by atoms with Gasteiger partial charge in [0, 0.05) is 11.8 Å². The van der Waals surface area contributed by atoms with Crippen LogP contribution < -0.4 is 0 Å². The van der Waals surface area contributed by atoms with E-state index in [1.165, 1.54) is 0 Å². The van der Waals surface area contributed by atoms with Crippen LogP contribution in [-0.4, -0.2) is 11.6 Å². The molecule has 0 bridgehead atoms. The van der Waals surface area contributed by atoms with Crippen LogP contribution >= 0.6 is 0 Å². The molecule has 2 aliphatic rings. The molecular formula is C13H18O2. The largest absolute Gasteiger partial charge is 0.298 e. The average molecular weight is 206 g/mol. The molecule has 2 radical (unpaired) electrons. The predicted octanol–water partition coefficient (Wildman–Crippen LogP) is 2.38. The van der Waals surface area contributed by atoms with Gasteiger partial charge in [0.2, 0.25) is 0 Å². The van der Waals surface area contributed by atoms with Gasteiger partial charge < -0.3 is 0 Å². The molecule has 0 unspecified atom stereocenters. The molecular weight excluding hydrogens is 188 g/mol. The second kappa shape index (κ2) is 3.43. The Morgan fingerprint density at radius 3 is 1.53 bits per heavy atom. The van der Waals surface area contributed by atoms with Crippen molar-refractivity contribution in [3.8, 4) is 0 Å². The highest BCUT2D eigenvalue weighted by atomic mass is 16.2. The first-order valence-electron chi connectivity index (χ1n) is 5.72. The first kappa shape index (κ1) is 10.8. The third kappa shape index (κ3) is 2.30. The van der Waals surface area contributed by atoms with Crippen molar-refractivity contribution in [3.63, 3.8) is 0 Å². The summed E-state index contributed by atoms with van der Waals surface area (Å²) in [5.41, 5.74) is -0.528. The fourth-order valence-electron chi connectivity index (χ4n) is 1.89. The lowest BCUT2D eigenvalue weighted by molar-refractivity contribution is -0.127. The Kier molecular flexibility index (Phi) is 2.48. The van der Waals surface area contributed by atoms with E-state index >= 15 is 0 Å². The molecule has 0 amide bonds. The zero-order valence-electron chi connectivity index (χ0n) is 9.51. The average Bonchev–Trinajstić information content (AvgIpc) is 2.97. The molecule has 0 aliphatic heterocycles. The van der Waals surface area contributed by atoms with E-state index in [1.807, 2.05) is 13.8 Å². The van der Waals surface area contributed by atoms with Crippen LogP contribution in [0.25, 0.3) is 0 Å². The van der Waals surface area contributed by atoms with Crippen molar-refractivity contribution in [2.45, 2.75) is 39.5 Å². The van der Waals surface area contributed by atoms with Crippen LogP contribution in [0.3, 0.4) is 0 Å². The van der Waals surface area contributed by atoms with E-state index in [0.29, 0.717) is 5.92 Å². The molecule has 15 heavy (non-hydrogen) atoms. The van der Waals surface area contributed by atoms with Crippen LogP contribution in [-0.2, 0) is 9.59 Å². The summed E-state index contributed by atoms with van der Waals surface area (Å²) in [5.74, 6) is 0.888. The first-order valence-corrected chi connectivity index (χ1v) is 5.72. The second-order valence-corrected chi connectivity index (χ2v) is 5.54. The molecule has 2 heteroatoms. The number of carbonyl (C=O) groups is 2. The van der Waals surface area contributed by atoms with Crippen molar-refractivity contribution >= 4 is 11.6 Å². The molecule has 2 nitrogen and oxygen atoms in total. The van der Waals surface area contributed by atoms with Crippen molar-refractivity contribution in [3.05, 3.63) is 12.8 Å². The lowest BCUT2D eigenvalue weighted by Crippen LogP contribution is -2.35. The third-order valence-electron chi connectivity index (χ3n) is 3.07. The van der Waals surface area contributed by atoms with E-state index in [4.69, 9.17) is 0 Å². The van der Waals surface area contributed by atoms with Crippen molar-refractivity contribution in [1.29, 1.82) is 0 Å². The van der Waals surface area contributed by atoms with E-state index in [9.17, 15) is 9.59 Å². The van der Waals surface area contributed by atoms with Gasteiger partial charge in [0.25, 0.3) is 0 Å². The second-order valence-electron chi connectivity index (χ2n) is 5.54. The Morgan fingerprint density at radius 2 is 1.33 bits per heavy atom. The van der Waals surface area contributed by atoms with E-state index in [-0.39, 0.29) is 23.4 Å². The molecule has 2 rings (SSSR count). The molecule has 0 saturated heterocycles. The van der Waals surface area contributed by atoms with Gasteiger partial charge >= 0.3 is 0 Å². The van der Waals surface area contributed by atoms with Gasteiger partial charge in [-0.1, -0.05) is 13.8 Å². The van der Waals surface area contributed by atoms with E-state index < -0.39 is 5.41 Å². The summed E-state index contributed by atoms with van der Waals surface area (Å²) in [7, 11) is 0. The molecule has 0 atom stereocenters. The zero-order chi connectivity index (χ0) is 11.2. The summed E-state index contributed by atoms with van der Waals surface area (Å²) in [6, 6.07) is 0. The summed E-state index contributed by atoms with van der Waals surface area (Å²) >= 11 is 0. The molecule has 0 aromatic rings. The van der Waals surface area contributed by atoms with Gasteiger partial charge in [-0.3, -0.25) is 9.59 Å². The summed E-state index contributed by atoms with van der Waals surface area (Å²) in [4.78, 5) is 24.1. The van der Waals surface area contributed by atoms with Crippen molar-refractivity contribution in [2.24, 2.45) is 17.3 Å². The van der Waals surface area contributed by atoms with E-state index in [0.717, 1.165) is 25.7 Å². The summed E-state index contributed by atoms with van der Waals surface area (Å²) < 4.78 is 0. The number of hydrogen-bond acceptors (Lipinski definition) is 2. The Labute approximate surface area is 91.4 Å². The number of rotatable bonds is 5. The van der Waals surface area contributed by atoms with E-state index in [1.54, 1.807) is 0 Å². The highest BCUT2D eigenvalue weighted by molar-refractivity contribution is 6.19. The highest BCUT2D eigenvalue weighted by Crippen LogP contribution is 2.44. The van der Waals surface area contributed by atoms with Gasteiger partial charge in [-0.25, -0.2) is 0 Å². The standard InChI is InChI=1S/C13H18O2/c1-13(2,3)10(11(14)8-4-5-8)12(15)9-6-7-9/h8-9H,1,4-7H2,2-3H3. The van der Waals surface area contributed by atoms with Gasteiger partial charge in [-0.2, -0.15) is 0 Å². The molecule has 0 N–H and O–H groups in total. The molecule has 2 aliphatic carbocycles.